The Morgan fingerprint density at radius 2 is 1.48 bits per heavy atom. The number of amides is 1. The molecule has 0 aliphatic heterocycles. The summed E-state index contributed by atoms with van der Waals surface area (Å²) < 4.78 is 11.0. The van der Waals surface area contributed by atoms with Crippen molar-refractivity contribution in [2.24, 2.45) is 0 Å². The van der Waals surface area contributed by atoms with Crippen molar-refractivity contribution in [2.45, 2.75) is 32.8 Å². The van der Waals surface area contributed by atoms with Crippen molar-refractivity contribution in [2.75, 3.05) is 11.9 Å². The minimum atomic E-state index is -0.609. The first-order chi connectivity index (χ1) is 14.8. The summed E-state index contributed by atoms with van der Waals surface area (Å²) in [6.45, 7) is 6.33. The third-order valence-corrected chi connectivity index (χ3v) is 4.71. The van der Waals surface area contributed by atoms with Crippen LogP contribution < -0.4 is 10.1 Å². The minimum Gasteiger partial charge on any atom is -0.488 e. The normalized spacial score (nSPS) is 10.9. The Hall–Kier alpha value is -3.60. The zero-order valence-electron chi connectivity index (χ0n) is 18.1. The SMILES string of the molecule is CC(C)(C)c1ccc(NC(=O)COC(=O)c2ccccc2OCc2ccccc2)cc1. The van der Waals surface area contributed by atoms with Crippen molar-refractivity contribution >= 4 is 17.6 Å². The van der Waals surface area contributed by atoms with Gasteiger partial charge in [0.25, 0.3) is 5.91 Å². The van der Waals surface area contributed by atoms with Gasteiger partial charge in [0.2, 0.25) is 0 Å². The van der Waals surface area contributed by atoms with Crippen LogP contribution in [0.2, 0.25) is 0 Å². The second-order valence-corrected chi connectivity index (χ2v) is 8.22. The molecule has 0 bridgehead atoms. The lowest BCUT2D eigenvalue weighted by Gasteiger charge is -2.19. The fourth-order valence-electron chi connectivity index (χ4n) is 2.96. The summed E-state index contributed by atoms with van der Waals surface area (Å²) in [4.78, 5) is 24.7. The van der Waals surface area contributed by atoms with E-state index in [-0.39, 0.29) is 17.6 Å². The number of benzene rings is 3. The smallest absolute Gasteiger partial charge is 0.342 e. The summed E-state index contributed by atoms with van der Waals surface area (Å²) in [6.07, 6.45) is 0. The van der Waals surface area contributed by atoms with Gasteiger partial charge in [-0.1, -0.05) is 75.4 Å². The molecule has 1 N–H and O–H groups in total. The molecule has 31 heavy (non-hydrogen) atoms. The number of hydrogen-bond donors (Lipinski definition) is 1. The van der Waals surface area contributed by atoms with Crippen LogP contribution in [-0.2, 0) is 21.6 Å². The van der Waals surface area contributed by atoms with Gasteiger partial charge < -0.3 is 14.8 Å². The summed E-state index contributed by atoms with van der Waals surface area (Å²) in [6, 6.07) is 24.1. The first-order valence-electron chi connectivity index (χ1n) is 10.2. The Balaban J connectivity index is 1.55. The van der Waals surface area contributed by atoms with Crippen LogP contribution in [0, 0.1) is 0 Å². The molecule has 0 aliphatic rings. The van der Waals surface area contributed by atoms with Crippen LogP contribution in [0.5, 0.6) is 5.75 Å². The molecule has 0 saturated carbocycles. The summed E-state index contributed by atoms with van der Waals surface area (Å²) in [7, 11) is 0. The molecule has 5 heteroatoms. The lowest BCUT2D eigenvalue weighted by Crippen LogP contribution is -2.21. The van der Waals surface area contributed by atoms with Crippen LogP contribution in [0.3, 0.4) is 0 Å². The number of hydrogen-bond acceptors (Lipinski definition) is 4. The topological polar surface area (TPSA) is 64.6 Å². The molecule has 0 atom stereocenters. The predicted molar refractivity (Wildman–Crippen MR) is 121 cm³/mol. The van der Waals surface area contributed by atoms with Crippen molar-refractivity contribution in [1.82, 2.24) is 0 Å². The highest BCUT2D eigenvalue weighted by Crippen LogP contribution is 2.23. The fraction of sp³-hybridized carbons (Fsp3) is 0.231. The van der Waals surface area contributed by atoms with Crippen molar-refractivity contribution in [3.05, 3.63) is 95.6 Å². The number of rotatable bonds is 7. The van der Waals surface area contributed by atoms with Crippen LogP contribution in [-0.4, -0.2) is 18.5 Å². The van der Waals surface area contributed by atoms with E-state index in [1.165, 1.54) is 5.56 Å². The zero-order valence-corrected chi connectivity index (χ0v) is 18.1. The Morgan fingerprint density at radius 3 is 2.16 bits per heavy atom. The molecule has 0 aliphatic carbocycles. The second-order valence-electron chi connectivity index (χ2n) is 8.22. The highest BCUT2D eigenvalue weighted by atomic mass is 16.5. The van der Waals surface area contributed by atoms with Crippen molar-refractivity contribution in [3.63, 3.8) is 0 Å². The molecule has 0 unspecified atom stereocenters. The molecule has 0 fully saturated rings. The first kappa shape index (κ1) is 22.1. The maximum Gasteiger partial charge on any atom is 0.342 e. The van der Waals surface area contributed by atoms with Gasteiger partial charge in [-0.3, -0.25) is 4.79 Å². The molecule has 3 aromatic carbocycles. The number of ether oxygens (including phenoxy) is 2. The second kappa shape index (κ2) is 9.94. The summed E-state index contributed by atoms with van der Waals surface area (Å²) >= 11 is 0. The van der Waals surface area contributed by atoms with Crippen molar-refractivity contribution < 1.29 is 19.1 Å². The van der Waals surface area contributed by atoms with E-state index in [1.54, 1.807) is 24.3 Å². The number of anilines is 1. The van der Waals surface area contributed by atoms with E-state index in [2.05, 4.69) is 26.1 Å². The van der Waals surface area contributed by atoms with Crippen LogP contribution >= 0.6 is 0 Å². The number of para-hydroxylation sites is 1. The molecule has 0 spiro atoms. The molecule has 0 aromatic heterocycles. The largest absolute Gasteiger partial charge is 0.488 e. The monoisotopic (exact) mass is 417 g/mol. The lowest BCUT2D eigenvalue weighted by atomic mass is 9.87. The Morgan fingerprint density at radius 1 is 0.839 bits per heavy atom. The molecular weight excluding hydrogens is 390 g/mol. The molecule has 3 rings (SSSR count). The highest BCUT2D eigenvalue weighted by molar-refractivity contribution is 5.96. The number of carbonyl (C=O) groups excluding carboxylic acids is 2. The first-order valence-corrected chi connectivity index (χ1v) is 10.2. The Labute approximate surface area is 183 Å². The maximum absolute atomic E-state index is 12.5. The van der Waals surface area contributed by atoms with E-state index in [9.17, 15) is 9.59 Å². The van der Waals surface area contributed by atoms with Crippen molar-refractivity contribution in [3.8, 4) is 5.75 Å². The number of carbonyl (C=O) groups is 2. The predicted octanol–water partition coefficient (Wildman–Crippen LogP) is 5.36. The van der Waals surface area contributed by atoms with Gasteiger partial charge in [0.05, 0.1) is 0 Å². The van der Waals surface area contributed by atoms with E-state index < -0.39 is 11.9 Å². The average Bonchev–Trinajstić information content (AvgIpc) is 2.77. The van der Waals surface area contributed by atoms with Gasteiger partial charge in [0.15, 0.2) is 6.61 Å². The molecular formula is C26H27NO4. The van der Waals surface area contributed by atoms with E-state index in [0.717, 1.165) is 5.56 Å². The fourth-order valence-corrected chi connectivity index (χ4v) is 2.96. The van der Waals surface area contributed by atoms with Crippen LogP contribution in [0.25, 0.3) is 0 Å². The summed E-state index contributed by atoms with van der Waals surface area (Å²) in [5.41, 5.74) is 3.13. The van der Waals surface area contributed by atoms with Crippen LogP contribution in [0.1, 0.15) is 42.3 Å². The molecule has 0 saturated heterocycles. The lowest BCUT2D eigenvalue weighted by molar-refractivity contribution is -0.119. The molecule has 160 valence electrons. The number of nitrogens with one attached hydrogen (secondary N) is 1. The maximum atomic E-state index is 12.5. The quantitative estimate of drug-likeness (QED) is 0.526. The minimum absolute atomic E-state index is 0.0358. The number of esters is 1. The molecule has 3 aromatic rings. The summed E-state index contributed by atoms with van der Waals surface area (Å²) in [5, 5.41) is 2.74. The molecule has 0 heterocycles. The Kier molecular flexibility index (Phi) is 7.08. The summed E-state index contributed by atoms with van der Waals surface area (Å²) in [5.74, 6) is -0.601. The third kappa shape index (κ3) is 6.44. The molecule has 0 radical (unpaired) electrons. The van der Waals surface area contributed by atoms with Gasteiger partial charge in [-0.25, -0.2) is 4.79 Å². The van der Waals surface area contributed by atoms with Crippen molar-refractivity contribution in [1.29, 1.82) is 0 Å². The third-order valence-electron chi connectivity index (χ3n) is 4.71. The van der Waals surface area contributed by atoms with Gasteiger partial charge in [-0.15, -0.1) is 0 Å². The highest BCUT2D eigenvalue weighted by Gasteiger charge is 2.16. The van der Waals surface area contributed by atoms with Gasteiger partial charge in [0.1, 0.15) is 17.9 Å². The van der Waals surface area contributed by atoms with Gasteiger partial charge >= 0.3 is 5.97 Å². The Bertz CT molecular complexity index is 1020. The van der Waals surface area contributed by atoms with Gasteiger partial charge in [-0.2, -0.15) is 0 Å². The van der Waals surface area contributed by atoms with Gasteiger partial charge in [0, 0.05) is 5.69 Å². The molecule has 1 amide bonds. The van der Waals surface area contributed by atoms with Gasteiger partial charge in [-0.05, 0) is 40.8 Å². The van der Waals surface area contributed by atoms with E-state index in [1.807, 2.05) is 54.6 Å². The van der Waals surface area contributed by atoms with E-state index in [0.29, 0.717) is 18.0 Å². The van der Waals surface area contributed by atoms with Crippen LogP contribution in [0.4, 0.5) is 5.69 Å². The van der Waals surface area contributed by atoms with Crippen LogP contribution in [0.15, 0.2) is 78.9 Å². The zero-order chi connectivity index (χ0) is 22.3. The average molecular weight is 418 g/mol. The standard InChI is InChI=1S/C26H27NO4/c1-26(2,3)20-13-15-21(16-14-20)27-24(28)18-31-25(29)22-11-7-8-12-23(22)30-17-19-9-5-4-6-10-19/h4-16H,17-18H2,1-3H3,(H,27,28). The van der Waals surface area contributed by atoms with E-state index >= 15 is 0 Å². The van der Waals surface area contributed by atoms with E-state index in [4.69, 9.17) is 9.47 Å². The molecule has 5 nitrogen and oxygen atoms in total.